The summed E-state index contributed by atoms with van der Waals surface area (Å²) in [5.74, 6) is 0.359. The predicted octanol–water partition coefficient (Wildman–Crippen LogP) is 3.41. The molecule has 24 heavy (non-hydrogen) atoms. The van der Waals surface area contributed by atoms with Crippen LogP contribution in [0.2, 0.25) is 0 Å². The van der Waals surface area contributed by atoms with E-state index in [1.54, 1.807) is 38.3 Å². The molecule has 0 bridgehead atoms. The van der Waals surface area contributed by atoms with Gasteiger partial charge in [0.1, 0.15) is 24.5 Å². The van der Waals surface area contributed by atoms with E-state index in [2.05, 4.69) is 0 Å². The number of hydrogen-bond donors (Lipinski definition) is 0. The SMILES string of the molecule is CCOC(=O)CC(=O)c1ccccc1OCc1ccc(OC)cc1. The molecule has 0 aromatic heterocycles. The number of benzene rings is 2. The lowest BCUT2D eigenvalue weighted by Gasteiger charge is -2.11. The quantitative estimate of drug-likeness (QED) is 0.422. The summed E-state index contributed by atoms with van der Waals surface area (Å²) in [6.07, 6.45) is -0.295. The van der Waals surface area contributed by atoms with Crippen molar-refractivity contribution in [1.29, 1.82) is 0 Å². The van der Waals surface area contributed by atoms with Crippen LogP contribution >= 0.6 is 0 Å². The molecule has 0 aliphatic carbocycles. The Balaban J connectivity index is 2.04. The van der Waals surface area contributed by atoms with Gasteiger partial charge in [-0.15, -0.1) is 0 Å². The van der Waals surface area contributed by atoms with Crippen molar-refractivity contribution in [2.75, 3.05) is 13.7 Å². The van der Waals surface area contributed by atoms with Crippen LogP contribution in [0.25, 0.3) is 0 Å². The molecular formula is C19H20O5. The van der Waals surface area contributed by atoms with Gasteiger partial charge in [-0.25, -0.2) is 0 Å². The number of Topliss-reactive ketones (excluding diaryl/α,β-unsaturated/α-hetero) is 1. The Labute approximate surface area is 141 Å². The number of hydrogen-bond acceptors (Lipinski definition) is 5. The Bertz CT molecular complexity index is 691. The standard InChI is InChI=1S/C19H20O5/c1-3-23-19(21)12-17(20)16-6-4-5-7-18(16)24-13-14-8-10-15(22-2)11-9-14/h4-11H,3,12-13H2,1-2H3. The van der Waals surface area contributed by atoms with Crippen LogP contribution in [0.15, 0.2) is 48.5 Å². The predicted molar refractivity (Wildman–Crippen MR) is 89.3 cm³/mol. The Hall–Kier alpha value is -2.82. The fourth-order valence-corrected chi connectivity index (χ4v) is 2.14. The average Bonchev–Trinajstić information content (AvgIpc) is 2.60. The first kappa shape index (κ1) is 17.5. The normalized spacial score (nSPS) is 10.1. The van der Waals surface area contributed by atoms with Gasteiger partial charge >= 0.3 is 5.97 Å². The Morgan fingerprint density at radius 3 is 2.38 bits per heavy atom. The van der Waals surface area contributed by atoms with Gasteiger partial charge < -0.3 is 14.2 Å². The maximum absolute atomic E-state index is 12.2. The molecule has 0 amide bonds. The van der Waals surface area contributed by atoms with Gasteiger partial charge in [-0.05, 0) is 36.8 Å². The molecule has 0 unspecified atom stereocenters. The van der Waals surface area contributed by atoms with Gasteiger partial charge in [0.2, 0.25) is 0 Å². The van der Waals surface area contributed by atoms with E-state index in [9.17, 15) is 9.59 Å². The molecule has 2 aromatic rings. The van der Waals surface area contributed by atoms with Crippen LogP contribution < -0.4 is 9.47 Å². The van der Waals surface area contributed by atoms with Crippen molar-refractivity contribution in [3.63, 3.8) is 0 Å². The fourth-order valence-electron chi connectivity index (χ4n) is 2.14. The molecule has 5 nitrogen and oxygen atoms in total. The van der Waals surface area contributed by atoms with Gasteiger partial charge in [0.25, 0.3) is 0 Å². The first-order valence-electron chi connectivity index (χ1n) is 7.67. The van der Waals surface area contributed by atoms with E-state index in [4.69, 9.17) is 14.2 Å². The van der Waals surface area contributed by atoms with Gasteiger partial charge in [-0.2, -0.15) is 0 Å². The highest BCUT2D eigenvalue weighted by Gasteiger charge is 2.16. The molecule has 2 aromatic carbocycles. The zero-order valence-electron chi connectivity index (χ0n) is 13.8. The summed E-state index contributed by atoms with van der Waals surface area (Å²) in [5, 5.41) is 0. The van der Waals surface area contributed by atoms with Crippen molar-refractivity contribution < 1.29 is 23.8 Å². The van der Waals surface area contributed by atoms with Crippen molar-refractivity contribution in [2.24, 2.45) is 0 Å². The molecule has 5 heteroatoms. The van der Waals surface area contributed by atoms with Crippen LogP contribution in [0, 0.1) is 0 Å². The maximum Gasteiger partial charge on any atom is 0.313 e. The third-order valence-corrected chi connectivity index (χ3v) is 3.35. The summed E-state index contributed by atoms with van der Waals surface area (Å²) in [7, 11) is 1.61. The van der Waals surface area contributed by atoms with Crippen LogP contribution in [-0.2, 0) is 16.1 Å². The minimum absolute atomic E-state index is 0.252. The van der Waals surface area contributed by atoms with Crippen molar-refractivity contribution in [2.45, 2.75) is 20.0 Å². The number of rotatable bonds is 8. The maximum atomic E-state index is 12.2. The van der Waals surface area contributed by atoms with Gasteiger partial charge in [0, 0.05) is 0 Å². The zero-order valence-corrected chi connectivity index (χ0v) is 13.8. The van der Waals surface area contributed by atoms with E-state index in [-0.39, 0.29) is 18.8 Å². The van der Waals surface area contributed by atoms with Crippen molar-refractivity contribution >= 4 is 11.8 Å². The first-order chi connectivity index (χ1) is 11.6. The van der Waals surface area contributed by atoms with E-state index in [1.165, 1.54) is 0 Å². The smallest absolute Gasteiger partial charge is 0.313 e. The van der Waals surface area contributed by atoms with Gasteiger partial charge in [-0.3, -0.25) is 9.59 Å². The second-order valence-electron chi connectivity index (χ2n) is 5.04. The number of methoxy groups -OCH3 is 1. The number of ketones is 1. The minimum Gasteiger partial charge on any atom is -0.497 e. The van der Waals surface area contributed by atoms with E-state index in [0.717, 1.165) is 11.3 Å². The van der Waals surface area contributed by atoms with Crippen molar-refractivity contribution in [3.8, 4) is 11.5 Å². The molecule has 2 rings (SSSR count). The monoisotopic (exact) mass is 328 g/mol. The largest absolute Gasteiger partial charge is 0.497 e. The van der Waals surface area contributed by atoms with Gasteiger partial charge in [0.05, 0.1) is 19.3 Å². The molecule has 0 fully saturated rings. The number of ether oxygens (including phenoxy) is 3. The molecule has 0 N–H and O–H groups in total. The third-order valence-electron chi connectivity index (χ3n) is 3.35. The van der Waals surface area contributed by atoms with E-state index in [1.807, 2.05) is 24.3 Å². The lowest BCUT2D eigenvalue weighted by molar-refractivity contribution is -0.141. The van der Waals surface area contributed by atoms with E-state index >= 15 is 0 Å². The second kappa shape index (κ2) is 8.72. The fraction of sp³-hybridized carbons (Fsp3) is 0.263. The molecule has 0 aliphatic heterocycles. The van der Waals surface area contributed by atoms with Gasteiger partial charge in [-0.1, -0.05) is 24.3 Å². The molecule has 0 heterocycles. The Morgan fingerprint density at radius 2 is 1.71 bits per heavy atom. The van der Waals surface area contributed by atoms with Crippen LogP contribution in [-0.4, -0.2) is 25.5 Å². The highest BCUT2D eigenvalue weighted by atomic mass is 16.5. The highest BCUT2D eigenvalue weighted by Crippen LogP contribution is 2.22. The van der Waals surface area contributed by atoms with Crippen LogP contribution in [0.1, 0.15) is 29.3 Å². The molecule has 0 saturated heterocycles. The molecule has 126 valence electrons. The highest BCUT2D eigenvalue weighted by molar-refractivity contribution is 6.07. The topological polar surface area (TPSA) is 61.8 Å². The van der Waals surface area contributed by atoms with Crippen molar-refractivity contribution in [1.82, 2.24) is 0 Å². The number of esters is 1. The molecule has 0 spiro atoms. The lowest BCUT2D eigenvalue weighted by atomic mass is 10.1. The number of carbonyl (C=O) groups is 2. The molecule has 0 aliphatic rings. The van der Waals surface area contributed by atoms with E-state index < -0.39 is 5.97 Å². The second-order valence-corrected chi connectivity index (χ2v) is 5.04. The average molecular weight is 328 g/mol. The minimum atomic E-state index is -0.535. The first-order valence-corrected chi connectivity index (χ1v) is 7.67. The van der Waals surface area contributed by atoms with Crippen molar-refractivity contribution in [3.05, 3.63) is 59.7 Å². The Kier molecular flexibility index (Phi) is 6.37. The molecule has 0 radical (unpaired) electrons. The van der Waals surface area contributed by atoms with Gasteiger partial charge in [0.15, 0.2) is 5.78 Å². The zero-order chi connectivity index (χ0) is 17.4. The molecule has 0 saturated carbocycles. The summed E-state index contributed by atoms with van der Waals surface area (Å²) in [4.78, 5) is 23.7. The molecular weight excluding hydrogens is 308 g/mol. The third kappa shape index (κ3) is 4.84. The summed E-state index contributed by atoms with van der Waals surface area (Å²) >= 11 is 0. The summed E-state index contributed by atoms with van der Waals surface area (Å²) in [5.41, 5.74) is 1.32. The molecule has 0 atom stereocenters. The Morgan fingerprint density at radius 1 is 1.00 bits per heavy atom. The summed E-state index contributed by atoms with van der Waals surface area (Å²) < 4.78 is 15.7. The van der Waals surface area contributed by atoms with Crippen LogP contribution in [0.3, 0.4) is 0 Å². The van der Waals surface area contributed by atoms with Crippen LogP contribution in [0.5, 0.6) is 11.5 Å². The summed E-state index contributed by atoms with van der Waals surface area (Å²) in [6, 6.07) is 14.3. The summed E-state index contributed by atoms with van der Waals surface area (Å²) in [6.45, 7) is 2.27. The number of para-hydroxylation sites is 1. The van der Waals surface area contributed by atoms with Crippen LogP contribution in [0.4, 0.5) is 0 Å². The van der Waals surface area contributed by atoms with E-state index in [0.29, 0.717) is 17.9 Å². The number of carbonyl (C=O) groups excluding carboxylic acids is 2. The lowest BCUT2D eigenvalue weighted by Crippen LogP contribution is -2.12.